The number of phosphoric ester groups is 1. The van der Waals surface area contributed by atoms with Crippen LogP contribution in [0.5, 0.6) is 0 Å². The van der Waals surface area contributed by atoms with Gasteiger partial charge in [0, 0.05) is 17.9 Å². The van der Waals surface area contributed by atoms with E-state index in [1.807, 2.05) is 0 Å². The molecule has 3 N–H and O–H groups in total. The van der Waals surface area contributed by atoms with Gasteiger partial charge in [-0.3, -0.25) is 18.1 Å². The van der Waals surface area contributed by atoms with Crippen molar-refractivity contribution in [3.63, 3.8) is 0 Å². The Bertz CT molecular complexity index is 1150. The molecule has 0 saturated carbocycles. The molecule has 6 atom stereocenters. The molecule has 3 aliphatic rings. The van der Waals surface area contributed by atoms with Gasteiger partial charge in [0.25, 0.3) is 0 Å². The number of fused-ring (bicyclic) bond motifs is 2. The number of rotatable bonds is 5. The second-order valence-corrected chi connectivity index (χ2v) is 11.8. The molecule has 5 heterocycles. The molecule has 3 saturated heterocycles. The number of ether oxygens (including phenoxy) is 2. The first-order valence-corrected chi connectivity index (χ1v) is 14.1. The van der Waals surface area contributed by atoms with E-state index in [1.165, 1.54) is 0 Å². The van der Waals surface area contributed by atoms with Crippen LogP contribution in [0.25, 0.3) is 11.2 Å². The monoisotopic (exact) mass is 517 g/mol. The molecular weight excluding hydrogens is 497 g/mol. The molecule has 2 aromatic heterocycles. The van der Waals surface area contributed by atoms with E-state index in [4.69, 9.17) is 47.4 Å². The van der Waals surface area contributed by atoms with E-state index >= 15 is 0 Å². The number of terminal acetylenes is 1. The predicted octanol–water partition coefficient (Wildman–Crippen LogP) is 2.68. The summed E-state index contributed by atoms with van der Waals surface area (Å²) in [4.78, 5) is 11.4. The number of nitrogens with zero attached hydrogens (tertiary/aromatic N) is 3. The normalized spacial score (nSPS) is 34.9. The summed E-state index contributed by atoms with van der Waals surface area (Å²) in [6.45, 7) is 0.231. The van der Waals surface area contributed by atoms with E-state index < -0.39 is 32.4 Å². The highest BCUT2D eigenvalue weighted by molar-refractivity contribution is 8.76. The number of aromatic nitrogens is 4. The van der Waals surface area contributed by atoms with Crippen LogP contribution in [0.4, 0.5) is 5.95 Å². The summed E-state index contributed by atoms with van der Waals surface area (Å²) in [5.41, 5.74) is 6.82. The first kappa shape index (κ1) is 22.6. The highest BCUT2D eigenvalue weighted by Gasteiger charge is 2.49. The fourth-order valence-corrected chi connectivity index (χ4v) is 8.10. The van der Waals surface area contributed by atoms with Crippen molar-refractivity contribution in [2.45, 2.75) is 37.1 Å². The van der Waals surface area contributed by atoms with Crippen molar-refractivity contribution in [1.29, 1.82) is 0 Å². The van der Waals surface area contributed by atoms with E-state index in [1.54, 1.807) is 32.5 Å². The standard InChI is InChI=1S/C17H20N5O6PS3/c1-2-3-24-11-6-31-32-7-12(11)28-29(23)25-5-10-9(27-29)4-13(26-10)22-8-19-14-15(22)20-17(18)21-16(14)30/h1,8-13H,3-7H2,(H3,18,20,21,30)/t9-,10+,11-,12-,13+,29+/m0/s1. The Balaban J connectivity index is 1.29. The average Bonchev–Trinajstić information content (AvgIpc) is 3.36. The fourth-order valence-electron chi connectivity index (χ4n) is 3.72. The summed E-state index contributed by atoms with van der Waals surface area (Å²) in [5, 5.41) is 0. The van der Waals surface area contributed by atoms with Crippen LogP contribution in [0.15, 0.2) is 6.33 Å². The third-order valence-corrected chi connectivity index (χ3v) is 9.44. The topological polar surface area (TPSA) is 136 Å². The Hall–Kier alpha value is -1.14. The van der Waals surface area contributed by atoms with Crippen molar-refractivity contribution in [2.75, 3.05) is 30.5 Å². The van der Waals surface area contributed by atoms with Crippen LogP contribution in [0.2, 0.25) is 0 Å². The molecule has 15 heteroatoms. The van der Waals surface area contributed by atoms with Crippen LogP contribution in [0, 0.1) is 17.0 Å². The quantitative estimate of drug-likeness (QED) is 0.261. The molecule has 0 spiro atoms. The van der Waals surface area contributed by atoms with Gasteiger partial charge in [0.2, 0.25) is 5.95 Å². The smallest absolute Gasteiger partial charge is 0.369 e. The molecule has 172 valence electrons. The van der Waals surface area contributed by atoms with Gasteiger partial charge in [-0.1, -0.05) is 39.7 Å². The lowest BCUT2D eigenvalue weighted by Gasteiger charge is -2.35. The molecule has 2 aromatic rings. The summed E-state index contributed by atoms with van der Waals surface area (Å²) in [6.07, 6.45) is 5.19. The van der Waals surface area contributed by atoms with Crippen LogP contribution < -0.4 is 5.73 Å². The van der Waals surface area contributed by atoms with Crippen molar-refractivity contribution in [3.05, 3.63) is 11.0 Å². The van der Waals surface area contributed by atoms with Gasteiger partial charge in [0.15, 0.2) is 5.65 Å². The Labute approximate surface area is 196 Å². The van der Waals surface area contributed by atoms with E-state index in [9.17, 15) is 4.57 Å². The largest absolute Gasteiger partial charge is 0.475 e. The number of nitrogen functional groups attached to an aromatic ring is 1. The molecule has 0 amide bonds. The van der Waals surface area contributed by atoms with Crippen molar-refractivity contribution >= 4 is 58.7 Å². The molecule has 11 nitrogen and oxygen atoms in total. The van der Waals surface area contributed by atoms with E-state index in [2.05, 4.69) is 20.9 Å². The van der Waals surface area contributed by atoms with Crippen LogP contribution in [0.3, 0.4) is 0 Å². The predicted molar refractivity (Wildman–Crippen MR) is 122 cm³/mol. The van der Waals surface area contributed by atoms with Gasteiger partial charge in [-0.25, -0.2) is 9.55 Å². The number of H-pyrrole nitrogens is 1. The molecule has 3 aliphatic heterocycles. The Morgan fingerprint density at radius 2 is 2.22 bits per heavy atom. The van der Waals surface area contributed by atoms with Crippen molar-refractivity contribution in [1.82, 2.24) is 19.5 Å². The van der Waals surface area contributed by atoms with Gasteiger partial charge < -0.3 is 20.2 Å². The highest BCUT2D eigenvalue weighted by Crippen LogP contribution is 2.58. The molecule has 0 aromatic carbocycles. The second kappa shape index (κ2) is 9.25. The van der Waals surface area contributed by atoms with Gasteiger partial charge in [0.05, 0.1) is 19.0 Å². The molecule has 32 heavy (non-hydrogen) atoms. The summed E-state index contributed by atoms with van der Waals surface area (Å²) in [7, 11) is -0.538. The number of anilines is 1. The molecular formula is C17H20N5O6PS3. The summed E-state index contributed by atoms with van der Waals surface area (Å²) in [5.74, 6) is 3.88. The Kier molecular flexibility index (Phi) is 6.54. The minimum atomic E-state index is -3.80. The van der Waals surface area contributed by atoms with Gasteiger partial charge >= 0.3 is 7.82 Å². The van der Waals surface area contributed by atoms with Crippen LogP contribution in [-0.2, 0) is 27.6 Å². The van der Waals surface area contributed by atoms with E-state index in [0.717, 1.165) is 0 Å². The number of hydrogen-bond donors (Lipinski definition) is 2. The lowest BCUT2D eigenvalue weighted by molar-refractivity contribution is -0.0823. The summed E-state index contributed by atoms with van der Waals surface area (Å²) < 4.78 is 44.3. The average molecular weight is 518 g/mol. The maximum Gasteiger partial charge on any atom is 0.475 e. The second-order valence-electron chi connectivity index (χ2n) is 7.29. The van der Waals surface area contributed by atoms with E-state index in [-0.39, 0.29) is 25.3 Å². The van der Waals surface area contributed by atoms with Crippen molar-refractivity contribution < 1.29 is 27.6 Å². The summed E-state index contributed by atoms with van der Waals surface area (Å²) in [6, 6.07) is 0. The maximum absolute atomic E-state index is 13.3. The zero-order chi connectivity index (χ0) is 22.3. The molecule has 0 unspecified atom stereocenters. The number of imidazole rings is 1. The Morgan fingerprint density at radius 3 is 3.03 bits per heavy atom. The number of nitrogens with two attached hydrogens (primary N) is 1. The molecule has 0 radical (unpaired) electrons. The van der Waals surface area contributed by atoms with Crippen LogP contribution >= 0.6 is 41.6 Å². The van der Waals surface area contributed by atoms with Crippen molar-refractivity contribution in [2.24, 2.45) is 0 Å². The fraction of sp³-hybridized carbons (Fsp3) is 0.588. The zero-order valence-corrected chi connectivity index (χ0v) is 20.0. The number of aromatic amines is 1. The molecule has 3 fully saturated rings. The first-order chi connectivity index (χ1) is 15.5. The van der Waals surface area contributed by atoms with Gasteiger partial charge in [-0.2, -0.15) is 4.98 Å². The minimum Gasteiger partial charge on any atom is -0.369 e. The minimum absolute atomic E-state index is 0.0746. The number of phosphoric acid groups is 1. The lowest BCUT2D eigenvalue weighted by Crippen LogP contribution is -2.40. The summed E-state index contributed by atoms with van der Waals surface area (Å²) >= 11 is 5.26. The maximum atomic E-state index is 13.3. The molecule has 0 bridgehead atoms. The zero-order valence-electron chi connectivity index (χ0n) is 16.6. The third kappa shape index (κ3) is 4.46. The third-order valence-electron chi connectivity index (χ3n) is 5.21. The van der Waals surface area contributed by atoms with Crippen LogP contribution in [-0.4, -0.2) is 68.7 Å². The van der Waals surface area contributed by atoms with Gasteiger partial charge in [-0.15, -0.1) is 6.42 Å². The number of hydrogen-bond acceptors (Lipinski definition) is 12. The SMILES string of the molecule is C#CCO[C@H]1CSSC[C@@H]1O[P@]1(=O)OC[C@H]2O[C@@H](n3cnc4c(=S)[nH]c(N)nc43)C[C@@H]2O1. The van der Waals surface area contributed by atoms with Crippen molar-refractivity contribution in [3.8, 4) is 12.3 Å². The first-order valence-electron chi connectivity index (χ1n) is 9.74. The van der Waals surface area contributed by atoms with Gasteiger partial charge in [0.1, 0.15) is 41.3 Å². The van der Waals surface area contributed by atoms with Gasteiger partial charge in [-0.05, 0) is 0 Å². The van der Waals surface area contributed by atoms with Crippen LogP contribution in [0.1, 0.15) is 12.6 Å². The number of nitrogens with one attached hydrogen (secondary N) is 1. The van der Waals surface area contributed by atoms with E-state index in [0.29, 0.717) is 33.7 Å². The highest BCUT2D eigenvalue weighted by atomic mass is 33.1. The molecule has 5 rings (SSSR count). The Morgan fingerprint density at radius 1 is 1.41 bits per heavy atom. The lowest BCUT2D eigenvalue weighted by atomic mass is 10.2. The molecule has 0 aliphatic carbocycles.